The molecule has 0 bridgehead atoms. The Morgan fingerprint density at radius 1 is 0.914 bits per heavy atom. The van der Waals surface area contributed by atoms with Crippen LogP contribution in [0.4, 0.5) is 11.4 Å². The van der Waals surface area contributed by atoms with E-state index in [1.807, 2.05) is 0 Å². The van der Waals surface area contributed by atoms with Crippen molar-refractivity contribution in [3.8, 4) is 17.2 Å². The molecular weight excluding hydrogens is 524 g/mol. The van der Waals surface area contributed by atoms with Gasteiger partial charge in [-0.1, -0.05) is 30.3 Å². The van der Waals surface area contributed by atoms with Gasteiger partial charge in [-0.3, -0.25) is 14.9 Å². The molecule has 0 spiro atoms. The summed E-state index contributed by atoms with van der Waals surface area (Å²) in [5.41, 5.74) is 0.550. The fraction of sp³-hybridized carbons (Fsp3) is 0.167. The van der Waals surface area contributed by atoms with Crippen LogP contribution in [0.3, 0.4) is 0 Å². The van der Waals surface area contributed by atoms with Crippen molar-refractivity contribution in [2.75, 3.05) is 26.6 Å². The number of hydrogen-bond donors (Lipinski definition) is 1. The van der Waals surface area contributed by atoms with E-state index < -0.39 is 22.9 Å². The van der Waals surface area contributed by atoms with E-state index in [4.69, 9.17) is 18.9 Å². The van der Waals surface area contributed by atoms with E-state index >= 15 is 0 Å². The molecule has 3 aromatic carbocycles. The van der Waals surface area contributed by atoms with Crippen LogP contribution in [0.2, 0.25) is 0 Å². The summed E-state index contributed by atoms with van der Waals surface area (Å²) in [7, 11) is 4.24. The summed E-state index contributed by atoms with van der Waals surface area (Å²) in [5, 5.41) is 13.6. The fourth-order valence-corrected chi connectivity index (χ4v) is 3.64. The van der Waals surface area contributed by atoms with E-state index in [0.29, 0.717) is 15.8 Å². The highest BCUT2D eigenvalue weighted by atomic mass is 79.9. The molecule has 1 amide bonds. The Bertz CT molecular complexity index is 1250. The van der Waals surface area contributed by atoms with Gasteiger partial charge in [0.15, 0.2) is 11.5 Å². The minimum atomic E-state index is -1.34. The van der Waals surface area contributed by atoms with Gasteiger partial charge < -0.3 is 24.3 Å². The summed E-state index contributed by atoms with van der Waals surface area (Å²) < 4.78 is 21.7. The second-order valence-corrected chi connectivity index (χ2v) is 7.87. The van der Waals surface area contributed by atoms with Crippen LogP contribution >= 0.6 is 15.9 Å². The van der Waals surface area contributed by atoms with Crippen molar-refractivity contribution in [1.82, 2.24) is 0 Å². The molecular formula is C24H21BrN2O8. The number of carbonyl (C=O) groups excluding carboxylic acids is 2. The number of methoxy groups -OCH3 is 3. The van der Waals surface area contributed by atoms with Crippen LogP contribution in [-0.2, 0) is 9.53 Å². The number of ether oxygens (including phenoxy) is 4. The van der Waals surface area contributed by atoms with Crippen molar-refractivity contribution < 1.29 is 33.5 Å². The standard InChI is InChI=1S/C24H21BrN2O8/c1-32-19-13-21(34-3)20(33-2)12-16(19)24(29)35-22(14-7-5-4-6-8-14)23(28)26-18-10-9-15(27(30)31)11-17(18)25/h4-13,22H,1-3H3,(H,26,28)/t22-/m1/s1. The van der Waals surface area contributed by atoms with Gasteiger partial charge in [0.05, 0.1) is 31.9 Å². The third kappa shape index (κ3) is 5.87. The molecule has 0 saturated carbocycles. The monoisotopic (exact) mass is 544 g/mol. The lowest BCUT2D eigenvalue weighted by atomic mass is 10.1. The molecule has 10 nitrogen and oxygen atoms in total. The quantitative estimate of drug-likeness (QED) is 0.228. The zero-order chi connectivity index (χ0) is 25.5. The first-order valence-corrected chi connectivity index (χ1v) is 10.9. The number of anilines is 1. The van der Waals surface area contributed by atoms with E-state index in [0.717, 1.165) is 0 Å². The third-order valence-corrected chi connectivity index (χ3v) is 5.57. The second-order valence-electron chi connectivity index (χ2n) is 7.01. The molecule has 3 aromatic rings. The number of halogens is 1. The van der Waals surface area contributed by atoms with Crippen molar-refractivity contribution in [2.24, 2.45) is 0 Å². The molecule has 3 rings (SSSR count). The summed E-state index contributed by atoms with van der Waals surface area (Å²) in [6.45, 7) is 0. The molecule has 0 heterocycles. The third-order valence-electron chi connectivity index (χ3n) is 4.91. The summed E-state index contributed by atoms with van der Waals surface area (Å²) >= 11 is 3.22. The minimum absolute atomic E-state index is 0.0235. The largest absolute Gasteiger partial charge is 0.496 e. The highest BCUT2D eigenvalue weighted by Gasteiger charge is 2.29. The maximum absolute atomic E-state index is 13.2. The number of amides is 1. The normalized spacial score (nSPS) is 11.2. The smallest absolute Gasteiger partial charge is 0.343 e. The van der Waals surface area contributed by atoms with E-state index in [-0.39, 0.29) is 28.4 Å². The summed E-state index contributed by atoms with van der Waals surface area (Å²) in [6.07, 6.45) is -1.34. The van der Waals surface area contributed by atoms with Crippen molar-refractivity contribution >= 4 is 39.2 Å². The summed E-state index contributed by atoms with van der Waals surface area (Å²) in [5.74, 6) is -0.719. The van der Waals surface area contributed by atoms with Gasteiger partial charge in [0.2, 0.25) is 6.10 Å². The van der Waals surface area contributed by atoms with Gasteiger partial charge >= 0.3 is 5.97 Å². The first kappa shape index (κ1) is 25.5. The average Bonchev–Trinajstić information content (AvgIpc) is 2.87. The van der Waals surface area contributed by atoms with Crippen LogP contribution in [0.1, 0.15) is 22.0 Å². The average molecular weight is 545 g/mol. The van der Waals surface area contributed by atoms with Gasteiger partial charge in [-0.25, -0.2) is 4.79 Å². The second kappa shape index (κ2) is 11.3. The number of esters is 1. The number of rotatable bonds is 9. The van der Waals surface area contributed by atoms with Gasteiger partial charge in [0, 0.05) is 34.3 Å². The zero-order valence-electron chi connectivity index (χ0n) is 18.9. The maximum Gasteiger partial charge on any atom is 0.343 e. The zero-order valence-corrected chi connectivity index (χ0v) is 20.5. The molecule has 0 aromatic heterocycles. The van der Waals surface area contributed by atoms with Crippen LogP contribution < -0.4 is 19.5 Å². The number of nitro groups is 1. The van der Waals surface area contributed by atoms with E-state index in [1.54, 1.807) is 30.3 Å². The van der Waals surface area contributed by atoms with Crippen LogP contribution in [-0.4, -0.2) is 38.1 Å². The molecule has 1 N–H and O–H groups in total. The molecule has 0 aliphatic rings. The van der Waals surface area contributed by atoms with Gasteiger partial charge in [-0.05, 0) is 22.0 Å². The van der Waals surface area contributed by atoms with E-state index in [1.165, 1.54) is 51.7 Å². The van der Waals surface area contributed by atoms with Crippen LogP contribution in [0, 0.1) is 10.1 Å². The Kier molecular flexibility index (Phi) is 8.26. The minimum Gasteiger partial charge on any atom is -0.496 e. The van der Waals surface area contributed by atoms with Gasteiger partial charge in [-0.2, -0.15) is 0 Å². The van der Waals surface area contributed by atoms with E-state index in [9.17, 15) is 19.7 Å². The van der Waals surface area contributed by atoms with Crippen molar-refractivity contribution in [3.63, 3.8) is 0 Å². The van der Waals surface area contributed by atoms with E-state index in [2.05, 4.69) is 21.2 Å². The molecule has 0 aliphatic heterocycles. The first-order valence-electron chi connectivity index (χ1n) is 10.1. The molecule has 182 valence electrons. The predicted octanol–water partition coefficient (Wildman–Crippen LogP) is 4.92. The number of nitro benzene ring substituents is 1. The van der Waals surface area contributed by atoms with Gasteiger partial charge in [0.1, 0.15) is 11.3 Å². The van der Waals surface area contributed by atoms with Crippen LogP contribution in [0.15, 0.2) is 65.1 Å². The molecule has 0 unspecified atom stereocenters. The van der Waals surface area contributed by atoms with Crippen molar-refractivity contribution in [3.05, 3.63) is 86.4 Å². The lowest BCUT2D eigenvalue weighted by molar-refractivity contribution is -0.384. The Hall–Kier alpha value is -4.12. The summed E-state index contributed by atoms with van der Waals surface area (Å²) in [6, 6.07) is 15.2. The Labute approximate surface area is 209 Å². The van der Waals surface area contributed by atoms with Crippen LogP contribution in [0.25, 0.3) is 0 Å². The van der Waals surface area contributed by atoms with Gasteiger partial charge in [0.25, 0.3) is 11.6 Å². The highest BCUT2D eigenvalue weighted by Crippen LogP contribution is 2.36. The van der Waals surface area contributed by atoms with Crippen LogP contribution in [0.5, 0.6) is 17.2 Å². The number of nitrogens with one attached hydrogen (secondary N) is 1. The molecule has 0 fully saturated rings. The number of hydrogen-bond acceptors (Lipinski definition) is 8. The maximum atomic E-state index is 13.2. The number of non-ortho nitro benzene ring substituents is 1. The lowest BCUT2D eigenvalue weighted by Crippen LogP contribution is -2.26. The Morgan fingerprint density at radius 2 is 1.54 bits per heavy atom. The fourth-order valence-electron chi connectivity index (χ4n) is 3.18. The SMILES string of the molecule is COc1cc(OC)c(C(=O)O[C@@H](C(=O)Nc2ccc([N+](=O)[O-])cc2Br)c2ccccc2)cc1OC. The van der Waals surface area contributed by atoms with Gasteiger partial charge in [-0.15, -0.1) is 0 Å². The van der Waals surface area contributed by atoms with Crippen molar-refractivity contribution in [1.29, 1.82) is 0 Å². The molecule has 35 heavy (non-hydrogen) atoms. The molecule has 11 heteroatoms. The first-order chi connectivity index (χ1) is 16.8. The number of carbonyl (C=O) groups is 2. The molecule has 0 saturated heterocycles. The van der Waals surface area contributed by atoms with Crippen molar-refractivity contribution in [2.45, 2.75) is 6.10 Å². The predicted molar refractivity (Wildman–Crippen MR) is 130 cm³/mol. The molecule has 0 aliphatic carbocycles. The Balaban J connectivity index is 1.94. The highest BCUT2D eigenvalue weighted by molar-refractivity contribution is 9.10. The number of nitrogens with zero attached hydrogens (tertiary/aromatic N) is 1. The molecule has 0 radical (unpaired) electrons. The summed E-state index contributed by atoms with van der Waals surface area (Å²) in [4.78, 5) is 36.8. The number of benzene rings is 3. The topological polar surface area (TPSA) is 126 Å². The molecule has 1 atom stereocenters. The Morgan fingerprint density at radius 3 is 2.11 bits per heavy atom. The lowest BCUT2D eigenvalue weighted by Gasteiger charge is -2.20.